The lowest BCUT2D eigenvalue weighted by molar-refractivity contribution is 0.940. The maximum absolute atomic E-state index is 5.50. The molecular weight excluding hydrogens is 192 g/mol. The van der Waals surface area contributed by atoms with E-state index in [-0.39, 0.29) is 0 Å². The Labute approximate surface area is 84.8 Å². The van der Waals surface area contributed by atoms with Crippen molar-refractivity contribution in [2.75, 3.05) is 5.73 Å². The summed E-state index contributed by atoms with van der Waals surface area (Å²) in [5.41, 5.74) is 8.04. The Morgan fingerprint density at radius 2 is 2.20 bits per heavy atom. The number of aromatic amines is 1. The highest BCUT2D eigenvalue weighted by atomic mass is 15.2. The first-order valence-corrected chi connectivity index (χ1v) is 4.43. The first-order chi connectivity index (χ1) is 7.33. The van der Waals surface area contributed by atoms with Crippen molar-refractivity contribution in [3.63, 3.8) is 0 Å². The lowest BCUT2D eigenvalue weighted by Crippen LogP contribution is -1.91. The molecule has 0 bridgehead atoms. The van der Waals surface area contributed by atoms with Crippen LogP contribution in [0.1, 0.15) is 0 Å². The van der Waals surface area contributed by atoms with Crippen LogP contribution >= 0.6 is 0 Å². The second-order valence-corrected chi connectivity index (χ2v) is 3.16. The summed E-state index contributed by atoms with van der Waals surface area (Å²) in [5, 5.41) is 4.10. The number of aromatic nitrogens is 5. The zero-order valence-corrected chi connectivity index (χ0v) is 7.75. The second-order valence-electron chi connectivity index (χ2n) is 3.16. The summed E-state index contributed by atoms with van der Waals surface area (Å²) in [5.74, 6) is 0.394. The Bertz CT molecular complexity index is 608. The molecule has 0 aliphatic carbocycles. The highest BCUT2D eigenvalue weighted by Gasteiger charge is 2.03. The van der Waals surface area contributed by atoms with Gasteiger partial charge < -0.3 is 10.7 Å². The Morgan fingerprint density at radius 3 is 3.00 bits per heavy atom. The van der Waals surface area contributed by atoms with Crippen LogP contribution in [0.2, 0.25) is 0 Å². The van der Waals surface area contributed by atoms with Gasteiger partial charge in [0.15, 0.2) is 11.6 Å². The molecule has 15 heavy (non-hydrogen) atoms. The molecule has 0 aliphatic heterocycles. The minimum Gasteiger partial charge on any atom is -0.369 e. The highest BCUT2D eigenvalue weighted by molar-refractivity contribution is 5.59. The van der Waals surface area contributed by atoms with Crippen molar-refractivity contribution in [3.05, 3.63) is 30.9 Å². The lowest BCUT2D eigenvalue weighted by Gasteiger charge is -1.97. The number of nitrogens with two attached hydrogens (primary N) is 1. The van der Waals surface area contributed by atoms with Crippen LogP contribution in [0.15, 0.2) is 30.9 Å². The van der Waals surface area contributed by atoms with Crippen LogP contribution < -0.4 is 5.73 Å². The van der Waals surface area contributed by atoms with E-state index in [1.54, 1.807) is 23.1 Å². The quantitative estimate of drug-likeness (QED) is 0.605. The maximum atomic E-state index is 5.50. The van der Waals surface area contributed by atoms with Crippen LogP contribution in [-0.4, -0.2) is 24.6 Å². The summed E-state index contributed by atoms with van der Waals surface area (Å²) >= 11 is 0. The summed E-state index contributed by atoms with van der Waals surface area (Å²) in [6.07, 6.45) is 6.99. The van der Waals surface area contributed by atoms with Crippen molar-refractivity contribution in [3.8, 4) is 11.3 Å². The van der Waals surface area contributed by atoms with Gasteiger partial charge >= 0.3 is 0 Å². The Balaban J connectivity index is 2.18. The molecule has 0 aromatic carbocycles. The van der Waals surface area contributed by atoms with Gasteiger partial charge in [-0.2, -0.15) is 5.10 Å². The molecule has 0 saturated heterocycles. The van der Waals surface area contributed by atoms with Crippen LogP contribution in [-0.2, 0) is 0 Å². The molecule has 0 spiro atoms. The maximum Gasteiger partial charge on any atom is 0.197 e. The minimum absolute atomic E-state index is 0.394. The minimum atomic E-state index is 0.394. The summed E-state index contributed by atoms with van der Waals surface area (Å²) < 4.78 is 1.70. The van der Waals surface area contributed by atoms with Crippen molar-refractivity contribution in [1.82, 2.24) is 24.6 Å². The van der Waals surface area contributed by atoms with E-state index in [1.165, 1.54) is 0 Å². The SMILES string of the molecule is Nc1ncc(-c2cnc3ccnn3c2)[nH]1. The summed E-state index contributed by atoms with van der Waals surface area (Å²) in [7, 11) is 0. The normalized spacial score (nSPS) is 10.9. The van der Waals surface area contributed by atoms with Crippen LogP contribution in [0.3, 0.4) is 0 Å². The summed E-state index contributed by atoms with van der Waals surface area (Å²) in [6, 6.07) is 1.84. The number of nitrogen functional groups attached to an aromatic ring is 1. The smallest absolute Gasteiger partial charge is 0.197 e. The fraction of sp³-hybridized carbons (Fsp3) is 0. The molecule has 3 heterocycles. The molecule has 0 unspecified atom stereocenters. The summed E-state index contributed by atoms with van der Waals surface area (Å²) in [6.45, 7) is 0. The predicted octanol–water partition coefficient (Wildman–Crippen LogP) is 0.702. The molecule has 3 N–H and O–H groups in total. The number of fused-ring (bicyclic) bond motifs is 1. The highest BCUT2D eigenvalue weighted by Crippen LogP contribution is 2.16. The molecule has 6 nitrogen and oxygen atoms in total. The topological polar surface area (TPSA) is 84.9 Å². The molecule has 0 amide bonds. The van der Waals surface area contributed by atoms with Crippen molar-refractivity contribution in [2.24, 2.45) is 0 Å². The first kappa shape index (κ1) is 7.98. The number of hydrogen-bond acceptors (Lipinski definition) is 4. The van der Waals surface area contributed by atoms with E-state index >= 15 is 0 Å². The van der Waals surface area contributed by atoms with Crippen molar-refractivity contribution >= 4 is 11.6 Å². The van der Waals surface area contributed by atoms with Crippen LogP contribution in [0.5, 0.6) is 0 Å². The molecule has 0 atom stereocenters. The van der Waals surface area contributed by atoms with Crippen molar-refractivity contribution < 1.29 is 0 Å². The number of rotatable bonds is 1. The average Bonchev–Trinajstić information content (AvgIpc) is 2.84. The summed E-state index contributed by atoms with van der Waals surface area (Å²) in [4.78, 5) is 11.1. The van der Waals surface area contributed by atoms with Crippen molar-refractivity contribution in [2.45, 2.75) is 0 Å². The van der Waals surface area contributed by atoms with Gasteiger partial charge in [0.05, 0.1) is 18.1 Å². The Kier molecular flexibility index (Phi) is 1.49. The van der Waals surface area contributed by atoms with Crippen LogP contribution in [0.25, 0.3) is 16.9 Å². The van der Waals surface area contributed by atoms with Crippen LogP contribution in [0.4, 0.5) is 5.95 Å². The zero-order valence-electron chi connectivity index (χ0n) is 7.75. The largest absolute Gasteiger partial charge is 0.369 e. The molecule has 3 aromatic heterocycles. The van der Waals surface area contributed by atoms with Gasteiger partial charge in [0.1, 0.15) is 0 Å². The number of nitrogens with one attached hydrogen (secondary N) is 1. The predicted molar refractivity (Wildman–Crippen MR) is 55.0 cm³/mol. The van der Waals surface area contributed by atoms with Gasteiger partial charge in [0.2, 0.25) is 0 Å². The molecule has 0 saturated carbocycles. The third-order valence-corrected chi connectivity index (χ3v) is 2.15. The van der Waals surface area contributed by atoms with Gasteiger partial charge in [-0.25, -0.2) is 14.5 Å². The first-order valence-electron chi connectivity index (χ1n) is 4.43. The number of imidazole rings is 1. The van der Waals surface area contributed by atoms with Gasteiger partial charge in [-0.15, -0.1) is 0 Å². The molecule has 3 rings (SSSR count). The van der Waals surface area contributed by atoms with E-state index in [9.17, 15) is 0 Å². The molecule has 74 valence electrons. The van der Waals surface area contributed by atoms with Gasteiger partial charge in [0, 0.05) is 24.0 Å². The molecule has 3 aromatic rings. The Morgan fingerprint density at radius 1 is 1.27 bits per heavy atom. The molecule has 6 heteroatoms. The zero-order chi connectivity index (χ0) is 10.3. The monoisotopic (exact) mass is 200 g/mol. The van der Waals surface area contributed by atoms with Crippen molar-refractivity contribution in [1.29, 1.82) is 0 Å². The molecule has 0 fully saturated rings. The molecular formula is C9H8N6. The third-order valence-electron chi connectivity index (χ3n) is 2.15. The van der Waals surface area contributed by atoms with Gasteiger partial charge in [0.25, 0.3) is 0 Å². The number of anilines is 1. The van der Waals surface area contributed by atoms with E-state index < -0.39 is 0 Å². The fourth-order valence-electron chi connectivity index (χ4n) is 1.43. The number of hydrogen-bond donors (Lipinski definition) is 2. The second kappa shape index (κ2) is 2.81. The van der Waals surface area contributed by atoms with Gasteiger partial charge in [-0.1, -0.05) is 0 Å². The number of H-pyrrole nitrogens is 1. The third kappa shape index (κ3) is 1.23. The molecule has 0 radical (unpaired) electrons. The van der Waals surface area contributed by atoms with Gasteiger partial charge in [-0.05, 0) is 0 Å². The van der Waals surface area contributed by atoms with E-state index in [0.717, 1.165) is 16.9 Å². The lowest BCUT2D eigenvalue weighted by atomic mass is 10.3. The van der Waals surface area contributed by atoms with E-state index in [0.29, 0.717) is 5.95 Å². The average molecular weight is 200 g/mol. The fourth-order valence-corrected chi connectivity index (χ4v) is 1.43. The molecule has 0 aliphatic rings. The number of nitrogens with zero attached hydrogens (tertiary/aromatic N) is 4. The van der Waals surface area contributed by atoms with Crippen LogP contribution in [0, 0.1) is 0 Å². The van der Waals surface area contributed by atoms with E-state index in [1.807, 2.05) is 12.3 Å². The Hall–Kier alpha value is -2.37. The van der Waals surface area contributed by atoms with Gasteiger partial charge in [-0.3, -0.25) is 0 Å². The van der Waals surface area contributed by atoms with E-state index in [4.69, 9.17) is 5.73 Å². The standard InChI is InChI=1S/C9H8N6/c10-9-12-4-7(14-9)6-3-11-8-1-2-13-15(8)5-6/h1-5H,(H3,10,12,14). The van der Waals surface area contributed by atoms with E-state index in [2.05, 4.69) is 20.1 Å².